The van der Waals surface area contributed by atoms with Crippen molar-refractivity contribution in [3.63, 3.8) is 0 Å². The molecule has 3 saturated heterocycles. The predicted octanol–water partition coefficient (Wildman–Crippen LogP) is 2.11. The van der Waals surface area contributed by atoms with Gasteiger partial charge in [-0.3, -0.25) is 9.59 Å². The van der Waals surface area contributed by atoms with E-state index in [0.29, 0.717) is 12.0 Å². The maximum Gasteiger partial charge on any atom is 0.290 e. The third-order valence-corrected chi connectivity index (χ3v) is 6.07. The van der Waals surface area contributed by atoms with Crippen LogP contribution in [0.2, 0.25) is 0 Å². The Labute approximate surface area is 152 Å². The lowest BCUT2D eigenvalue weighted by molar-refractivity contribution is -0.122. The van der Waals surface area contributed by atoms with E-state index < -0.39 is 0 Å². The van der Waals surface area contributed by atoms with E-state index in [1.807, 2.05) is 6.07 Å². The molecular weight excluding hydrogens is 330 g/mol. The topological polar surface area (TPSA) is 74.6 Å². The van der Waals surface area contributed by atoms with Crippen molar-refractivity contribution in [2.75, 3.05) is 19.6 Å². The van der Waals surface area contributed by atoms with Gasteiger partial charge in [0.2, 0.25) is 0 Å². The first-order valence-corrected chi connectivity index (χ1v) is 9.44. The standard InChI is InChI=1S/C19H23N3O.CH2O2/c23-19(20-15-12-21-10-7-13(15)8-11-21)18-14-4-1-2-5-16(14)22-9-3-6-17(18)22;2-1-3/h1-2,4-5,13,15H,3,6-12H2,(H,20,23);1H,(H,2,3)/t15-;/m1./s1. The largest absolute Gasteiger partial charge is 0.483 e. The van der Waals surface area contributed by atoms with Crippen LogP contribution in [-0.2, 0) is 17.8 Å². The molecule has 2 bridgehead atoms. The molecular formula is C20H25N3O3. The highest BCUT2D eigenvalue weighted by Crippen LogP contribution is 2.32. The van der Waals surface area contributed by atoms with E-state index in [4.69, 9.17) is 9.90 Å². The van der Waals surface area contributed by atoms with Gasteiger partial charge in [-0.25, -0.2) is 0 Å². The first-order chi connectivity index (χ1) is 12.7. The van der Waals surface area contributed by atoms with Crippen molar-refractivity contribution in [2.24, 2.45) is 5.92 Å². The molecule has 6 nitrogen and oxygen atoms in total. The second-order valence-electron chi connectivity index (χ2n) is 7.42. The second kappa shape index (κ2) is 7.11. The molecule has 2 aromatic rings. The Morgan fingerprint density at radius 3 is 2.62 bits per heavy atom. The number of benzene rings is 1. The van der Waals surface area contributed by atoms with Crippen LogP contribution in [0.1, 0.15) is 35.3 Å². The minimum Gasteiger partial charge on any atom is -0.483 e. The summed E-state index contributed by atoms with van der Waals surface area (Å²) in [5.74, 6) is 0.821. The number of amides is 1. The van der Waals surface area contributed by atoms with Crippen molar-refractivity contribution in [3.05, 3.63) is 35.5 Å². The SMILES string of the molecule is O=C(N[C@@H]1CN2CCC1CC2)c1c2n(c3ccccc13)CCC2.O=CO. The first kappa shape index (κ1) is 17.1. The quantitative estimate of drug-likeness (QED) is 0.809. The molecule has 1 atom stereocenters. The molecule has 5 heterocycles. The summed E-state index contributed by atoms with van der Waals surface area (Å²) >= 11 is 0. The van der Waals surface area contributed by atoms with E-state index in [2.05, 4.69) is 33.0 Å². The zero-order chi connectivity index (χ0) is 18.1. The van der Waals surface area contributed by atoms with Gasteiger partial charge in [0, 0.05) is 35.7 Å². The van der Waals surface area contributed by atoms with Crippen LogP contribution in [0.5, 0.6) is 0 Å². The van der Waals surface area contributed by atoms with Gasteiger partial charge in [-0.05, 0) is 50.8 Å². The Morgan fingerprint density at radius 1 is 1.19 bits per heavy atom. The smallest absolute Gasteiger partial charge is 0.290 e. The molecule has 1 amide bonds. The van der Waals surface area contributed by atoms with Crippen LogP contribution in [0.3, 0.4) is 0 Å². The van der Waals surface area contributed by atoms with E-state index in [1.54, 1.807) is 0 Å². The van der Waals surface area contributed by atoms with Crippen molar-refractivity contribution in [1.82, 2.24) is 14.8 Å². The zero-order valence-electron chi connectivity index (χ0n) is 14.9. The molecule has 4 aliphatic rings. The van der Waals surface area contributed by atoms with Gasteiger partial charge in [-0.2, -0.15) is 0 Å². The lowest BCUT2D eigenvalue weighted by Gasteiger charge is -2.44. The van der Waals surface area contributed by atoms with E-state index >= 15 is 0 Å². The van der Waals surface area contributed by atoms with E-state index in [0.717, 1.165) is 36.9 Å². The fourth-order valence-corrected chi connectivity index (χ4v) is 4.90. The number of para-hydroxylation sites is 1. The van der Waals surface area contributed by atoms with Crippen LogP contribution in [0, 0.1) is 5.92 Å². The van der Waals surface area contributed by atoms with E-state index in [1.165, 1.54) is 37.1 Å². The average molecular weight is 355 g/mol. The Morgan fingerprint density at radius 2 is 1.92 bits per heavy atom. The van der Waals surface area contributed by atoms with Crippen molar-refractivity contribution in [1.29, 1.82) is 0 Å². The molecule has 0 unspecified atom stereocenters. The number of fused-ring (bicyclic) bond motifs is 6. The molecule has 138 valence electrons. The van der Waals surface area contributed by atoms with Crippen LogP contribution in [0.25, 0.3) is 10.9 Å². The number of rotatable bonds is 2. The van der Waals surface area contributed by atoms with Crippen LogP contribution in [-0.4, -0.2) is 52.6 Å². The molecule has 0 saturated carbocycles. The normalized spacial score (nSPS) is 26.1. The third-order valence-electron chi connectivity index (χ3n) is 6.07. The molecule has 0 spiro atoms. The molecule has 6 rings (SSSR count). The monoisotopic (exact) mass is 355 g/mol. The van der Waals surface area contributed by atoms with Crippen molar-refractivity contribution in [3.8, 4) is 0 Å². The molecule has 4 aliphatic heterocycles. The highest BCUT2D eigenvalue weighted by Gasteiger charge is 2.36. The number of carboxylic acid groups (broad SMARTS) is 1. The number of hydrogen-bond acceptors (Lipinski definition) is 3. The number of carbonyl (C=O) groups excluding carboxylic acids is 1. The molecule has 3 fully saturated rings. The van der Waals surface area contributed by atoms with Crippen molar-refractivity contribution in [2.45, 2.75) is 38.3 Å². The van der Waals surface area contributed by atoms with Gasteiger partial charge in [-0.15, -0.1) is 0 Å². The Kier molecular flexibility index (Phi) is 4.68. The number of aryl methyl sites for hydroxylation is 1. The van der Waals surface area contributed by atoms with Crippen LogP contribution in [0.15, 0.2) is 24.3 Å². The predicted molar refractivity (Wildman–Crippen MR) is 99.4 cm³/mol. The summed E-state index contributed by atoms with van der Waals surface area (Å²) in [6, 6.07) is 8.70. The van der Waals surface area contributed by atoms with Crippen LogP contribution >= 0.6 is 0 Å². The summed E-state index contributed by atoms with van der Waals surface area (Å²) in [5, 5.41) is 11.4. The lowest BCUT2D eigenvalue weighted by atomic mass is 9.84. The highest BCUT2D eigenvalue weighted by atomic mass is 16.3. The summed E-state index contributed by atoms with van der Waals surface area (Å²) in [7, 11) is 0. The summed E-state index contributed by atoms with van der Waals surface area (Å²) in [5.41, 5.74) is 3.40. The fraction of sp³-hybridized carbons (Fsp3) is 0.500. The summed E-state index contributed by atoms with van der Waals surface area (Å²) in [4.78, 5) is 23.9. The highest BCUT2D eigenvalue weighted by molar-refractivity contribution is 6.08. The van der Waals surface area contributed by atoms with Crippen LogP contribution < -0.4 is 5.32 Å². The van der Waals surface area contributed by atoms with Crippen molar-refractivity contribution >= 4 is 23.3 Å². The molecule has 1 aromatic carbocycles. The van der Waals surface area contributed by atoms with Gasteiger partial charge in [0.05, 0.1) is 5.56 Å². The number of nitrogens with zero attached hydrogens (tertiary/aromatic N) is 2. The lowest BCUT2D eigenvalue weighted by Crippen LogP contribution is -2.57. The molecule has 2 N–H and O–H groups in total. The van der Waals surface area contributed by atoms with Gasteiger partial charge in [0.15, 0.2) is 0 Å². The maximum atomic E-state index is 13.1. The molecule has 0 radical (unpaired) electrons. The number of aromatic nitrogens is 1. The minimum absolute atomic E-state index is 0.149. The Balaban J connectivity index is 0.000000527. The minimum atomic E-state index is -0.250. The molecule has 26 heavy (non-hydrogen) atoms. The summed E-state index contributed by atoms with van der Waals surface area (Å²) in [6.07, 6.45) is 4.65. The van der Waals surface area contributed by atoms with Gasteiger partial charge < -0.3 is 19.9 Å². The maximum absolute atomic E-state index is 13.1. The van der Waals surface area contributed by atoms with Crippen LogP contribution in [0.4, 0.5) is 0 Å². The summed E-state index contributed by atoms with van der Waals surface area (Å²) in [6.45, 7) is 4.25. The number of piperidine rings is 3. The third kappa shape index (κ3) is 2.88. The number of carbonyl (C=O) groups is 2. The fourth-order valence-electron chi connectivity index (χ4n) is 4.90. The van der Waals surface area contributed by atoms with Gasteiger partial charge in [0.25, 0.3) is 12.4 Å². The van der Waals surface area contributed by atoms with Gasteiger partial charge >= 0.3 is 0 Å². The van der Waals surface area contributed by atoms with Gasteiger partial charge in [-0.1, -0.05) is 18.2 Å². The number of hydrogen-bond donors (Lipinski definition) is 2. The molecule has 0 aliphatic carbocycles. The zero-order valence-corrected chi connectivity index (χ0v) is 14.9. The average Bonchev–Trinajstić information content (AvgIpc) is 3.24. The molecule has 1 aromatic heterocycles. The second-order valence-corrected chi connectivity index (χ2v) is 7.42. The number of nitrogens with one attached hydrogen (secondary N) is 1. The van der Waals surface area contributed by atoms with E-state index in [-0.39, 0.29) is 12.4 Å². The molecule has 6 heteroatoms. The van der Waals surface area contributed by atoms with Gasteiger partial charge in [0.1, 0.15) is 0 Å². The Hall–Kier alpha value is -2.34. The Bertz CT molecular complexity index is 821. The van der Waals surface area contributed by atoms with E-state index in [9.17, 15) is 4.79 Å². The van der Waals surface area contributed by atoms with Crippen molar-refractivity contribution < 1.29 is 14.7 Å². The summed E-state index contributed by atoms with van der Waals surface area (Å²) < 4.78 is 2.35. The first-order valence-electron chi connectivity index (χ1n) is 9.44.